The fraction of sp³-hybridized carbons (Fsp3) is 0.647. The first kappa shape index (κ1) is 16.6. The van der Waals surface area contributed by atoms with E-state index in [1.165, 1.54) is 12.8 Å². The van der Waals surface area contributed by atoms with Crippen molar-refractivity contribution in [2.45, 2.75) is 64.6 Å². The zero-order chi connectivity index (χ0) is 15.8. The molecule has 1 heterocycles. The van der Waals surface area contributed by atoms with Crippen molar-refractivity contribution >= 4 is 5.96 Å². The minimum Gasteiger partial charge on any atom is -0.474 e. The van der Waals surface area contributed by atoms with Gasteiger partial charge in [0.25, 0.3) is 0 Å². The maximum absolute atomic E-state index is 5.95. The smallest absolute Gasteiger partial charge is 0.213 e. The number of rotatable bonds is 6. The number of aliphatic imine (C=N–C) groups is 1. The first-order valence-electron chi connectivity index (χ1n) is 8.30. The summed E-state index contributed by atoms with van der Waals surface area (Å²) < 4.78 is 5.95. The molecule has 0 spiro atoms. The van der Waals surface area contributed by atoms with Crippen LogP contribution in [0.25, 0.3) is 0 Å². The highest BCUT2D eigenvalue weighted by Gasteiger charge is 2.17. The van der Waals surface area contributed by atoms with Gasteiger partial charge in [0.2, 0.25) is 5.88 Å². The third-order valence-electron chi connectivity index (χ3n) is 4.07. The van der Waals surface area contributed by atoms with E-state index in [9.17, 15) is 0 Å². The normalized spacial score (nSPS) is 17.3. The summed E-state index contributed by atoms with van der Waals surface area (Å²) in [5.74, 6) is 1.56. The molecule has 1 unspecified atom stereocenters. The maximum Gasteiger partial charge on any atom is 0.213 e. The van der Waals surface area contributed by atoms with Crippen molar-refractivity contribution in [2.75, 3.05) is 7.05 Å². The third-order valence-corrected chi connectivity index (χ3v) is 4.07. The highest BCUT2D eigenvalue weighted by atomic mass is 16.5. The summed E-state index contributed by atoms with van der Waals surface area (Å²) in [6.45, 7) is 5.01. The summed E-state index contributed by atoms with van der Waals surface area (Å²) in [6.07, 6.45) is 8.05. The van der Waals surface area contributed by atoms with Crippen molar-refractivity contribution in [2.24, 2.45) is 4.99 Å². The van der Waals surface area contributed by atoms with E-state index < -0.39 is 0 Å². The largest absolute Gasteiger partial charge is 0.474 e. The van der Waals surface area contributed by atoms with Crippen LogP contribution < -0.4 is 15.4 Å². The van der Waals surface area contributed by atoms with Crippen molar-refractivity contribution < 1.29 is 4.74 Å². The highest BCUT2D eigenvalue weighted by Crippen LogP contribution is 2.23. The SMILES string of the molecule is CCC(C)NC(=NC)NCc1ccnc(OC2CCCC2)c1. The monoisotopic (exact) mass is 304 g/mol. The molecule has 2 N–H and O–H groups in total. The zero-order valence-corrected chi connectivity index (χ0v) is 13.9. The van der Waals surface area contributed by atoms with Crippen LogP contribution in [0.1, 0.15) is 51.5 Å². The quantitative estimate of drug-likeness (QED) is 0.627. The average molecular weight is 304 g/mol. The molecule has 22 heavy (non-hydrogen) atoms. The first-order valence-corrected chi connectivity index (χ1v) is 8.30. The van der Waals surface area contributed by atoms with Gasteiger partial charge in [-0.2, -0.15) is 0 Å². The van der Waals surface area contributed by atoms with Crippen molar-refractivity contribution in [3.05, 3.63) is 23.9 Å². The molecule has 2 rings (SSSR count). The molecule has 122 valence electrons. The maximum atomic E-state index is 5.95. The number of pyridine rings is 1. The number of nitrogens with zero attached hydrogens (tertiary/aromatic N) is 2. The summed E-state index contributed by atoms with van der Waals surface area (Å²) in [5.41, 5.74) is 1.15. The zero-order valence-electron chi connectivity index (χ0n) is 13.9. The fourth-order valence-corrected chi connectivity index (χ4v) is 2.52. The molecule has 1 aliphatic carbocycles. The summed E-state index contributed by atoms with van der Waals surface area (Å²) in [6, 6.07) is 4.43. The van der Waals surface area contributed by atoms with Crippen LogP contribution in [0.4, 0.5) is 0 Å². The van der Waals surface area contributed by atoms with Crippen LogP contribution in [0.15, 0.2) is 23.3 Å². The standard InChI is InChI=1S/C17H28N4O/c1-4-13(2)21-17(18-3)20-12-14-9-10-19-16(11-14)22-15-7-5-6-8-15/h9-11,13,15H,4-8,12H2,1-3H3,(H2,18,20,21). The fourth-order valence-electron chi connectivity index (χ4n) is 2.52. The Labute approximate surface area is 133 Å². The molecule has 0 saturated heterocycles. The number of nitrogens with one attached hydrogen (secondary N) is 2. The third kappa shape index (κ3) is 5.20. The van der Waals surface area contributed by atoms with Crippen molar-refractivity contribution in [3.8, 4) is 5.88 Å². The lowest BCUT2D eigenvalue weighted by molar-refractivity contribution is 0.201. The van der Waals surface area contributed by atoms with E-state index in [4.69, 9.17) is 4.74 Å². The van der Waals surface area contributed by atoms with Gasteiger partial charge >= 0.3 is 0 Å². The van der Waals surface area contributed by atoms with Gasteiger partial charge in [-0.1, -0.05) is 6.92 Å². The molecular weight excluding hydrogens is 276 g/mol. The molecule has 5 heteroatoms. The molecule has 1 aromatic heterocycles. The number of aromatic nitrogens is 1. The summed E-state index contributed by atoms with van der Waals surface area (Å²) in [5, 5.41) is 6.68. The van der Waals surface area contributed by atoms with Crippen molar-refractivity contribution in [1.82, 2.24) is 15.6 Å². The van der Waals surface area contributed by atoms with E-state index in [0.717, 1.165) is 36.7 Å². The Morgan fingerprint density at radius 2 is 2.23 bits per heavy atom. The Bertz CT molecular complexity index is 483. The molecule has 0 radical (unpaired) electrons. The van der Waals surface area contributed by atoms with Crippen LogP contribution in [0.2, 0.25) is 0 Å². The summed E-state index contributed by atoms with van der Waals surface area (Å²) in [7, 11) is 1.79. The molecule has 1 atom stereocenters. The molecule has 0 aliphatic heterocycles. The van der Waals surface area contributed by atoms with E-state index >= 15 is 0 Å². The second-order valence-corrected chi connectivity index (χ2v) is 5.91. The Morgan fingerprint density at radius 3 is 2.91 bits per heavy atom. The minimum absolute atomic E-state index is 0.343. The lowest BCUT2D eigenvalue weighted by atomic mass is 10.2. The van der Waals surface area contributed by atoms with Crippen LogP contribution in [0.5, 0.6) is 5.88 Å². The average Bonchev–Trinajstić information content (AvgIpc) is 3.04. The molecule has 0 aromatic carbocycles. The van der Waals surface area contributed by atoms with Gasteiger partial charge in [-0.15, -0.1) is 0 Å². The van der Waals surface area contributed by atoms with Crippen LogP contribution in [-0.2, 0) is 6.54 Å². The number of guanidine groups is 1. The molecule has 0 amide bonds. The lowest BCUT2D eigenvalue weighted by Gasteiger charge is -2.17. The van der Waals surface area contributed by atoms with Crippen LogP contribution >= 0.6 is 0 Å². The number of ether oxygens (including phenoxy) is 1. The van der Waals surface area contributed by atoms with Gasteiger partial charge in [0.1, 0.15) is 6.10 Å². The Hall–Kier alpha value is -1.78. The van der Waals surface area contributed by atoms with Gasteiger partial charge in [-0.3, -0.25) is 4.99 Å². The topological polar surface area (TPSA) is 58.5 Å². The molecule has 5 nitrogen and oxygen atoms in total. The number of hydrogen-bond donors (Lipinski definition) is 2. The van der Waals surface area contributed by atoms with Crippen LogP contribution in [-0.4, -0.2) is 30.1 Å². The van der Waals surface area contributed by atoms with E-state index in [1.807, 2.05) is 18.3 Å². The molecule has 1 saturated carbocycles. The van der Waals surface area contributed by atoms with E-state index in [0.29, 0.717) is 18.7 Å². The second-order valence-electron chi connectivity index (χ2n) is 5.91. The van der Waals surface area contributed by atoms with Gasteiger partial charge in [0.05, 0.1) is 0 Å². The summed E-state index contributed by atoms with van der Waals surface area (Å²) >= 11 is 0. The van der Waals surface area contributed by atoms with Crippen LogP contribution in [0.3, 0.4) is 0 Å². The van der Waals surface area contributed by atoms with Gasteiger partial charge in [-0.25, -0.2) is 4.98 Å². The van der Waals surface area contributed by atoms with Gasteiger partial charge < -0.3 is 15.4 Å². The lowest BCUT2D eigenvalue weighted by Crippen LogP contribution is -2.41. The van der Waals surface area contributed by atoms with Gasteiger partial charge in [0, 0.05) is 31.9 Å². The Morgan fingerprint density at radius 1 is 1.45 bits per heavy atom. The predicted octanol–water partition coefficient (Wildman–Crippen LogP) is 2.87. The summed E-state index contributed by atoms with van der Waals surface area (Å²) in [4.78, 5) is 8.56. The molecule has 1 aliphatic rings. The minimum atomic E-state index is 0.343. The Balaban J connectivity index is 1.86. The van der Waals surface area contributed by atoms with Gasteiger partial charge in [-0.05, 0) is 50.7 Å². The van der Waals surface area contributed by atoms with E-state index in [1.54, 1.807) is 7.05 Å². The Kier molecular flexibility index (Phi) is 6.49. The first-order chi connectivity index (χ1) is 10.7. The van der Waals surface area contributed by atoms with Crippen molar-refractivity contribution in [1.29, 1.82) is 0 Å². The molecular formula is C17H28N4O. The highest BCUT2D eigenvalue weighted by molar-refractivity contribution is 5.79. The number of hydrogen-bond acceptors (Lipinski definition) is 3. The predicted molar refractivity (Wildman–Crippen MR) is 90.2 cm³/mol. The second kappa shape index (κ2) is 8.61. The van der Waals surface area contributed by atoms with Crippen molar-refractivity contribution in [3.63, 3.8) is 0 Å². The molecule has 1 fully saturated rings. The van der Waals surface area contributed by atoms with Gasteiger partial charge in [0.15, 0.2) is 5.96 Å². The van der Waals surface area contributed by atoms with E-state index in [-0.39, 0.29) is 0 Å². The van der Waals surface area contributed by atoms with E-state index in [2.05, 4.69) is 34.5 Å². The molecule has 1 aromatic rings. The molecule has 0 bridgehead atoms. The van der Waals surface area contributed by atoms with Crippen LogP contribution in [0, 0.1) is 0 Å².